The number of hydrogen-bond donors (Lipinski definition) is 2. The van der Waals surface area contributed by atoms with E-state index in [2.05, 4.69) is 22.8 Å². The second-order valence-corrected chi connectivity index (χ2v) is 8.35. The maximum atomic E-state index is 12.4. The molecular weight excluding hydrogens is 312 g/mol. The number of fused-ring (bicyclic) bond motifs is 2. The lowest BCUT2D eigenvalue weighted by Crippen LogP contribution is -2.42. The van der Waals surface area contributed by atoms with Crippen molar-refractivity contribution in [2.45, 2.75) is 46.5 Å². The summed E-state index contributed by atoms with van der Waals surface area (Å²) in [6, 6.07) is 15.6. The summed E-state index contributed by atoms with van der Waals surface area (Å²) >= 11 is 3.28. The zero-order chi connectivity index (χ0) is 14.9. The number of thiophene rings is 1. The van der Waals surface area contributed by atoms with E-state index in [1.54, 1.807) is 23.1 Å². The number of rotatable bonds is 4. The molecule has 3 unspecified atom stereocenters. The fourth-order valence-corrected chi connectivity index (χ4v) is 5.35. The van der Waals surface area contributed by atoms with Crippen LogP contribution in [-0.2, 0) is 0 Å². The number of nitrogens with one attached hydrogen (secondary N) is 2. The molecule has 2 aliphatic rings. The van der Waals surface area contributed by atoms with Crippen LogP contribution in [0.1, 0.15) is 28.9 Å². The Morgan fingerprint density at radius 2 is 2.05 bits per heavy atom. The number of benzene rings is 1. The van der Waals surface area contributed by atoms with E-state index < -0.39 is 0 Å². The van der Waals surface area contributed by atoms with E-state index in [0.717, 1.165) is 15.5 Å². The second-order valence-electron chi connectivity index (χ2n) is 5.90. The van der Waals surface area contributed by atoms with Crippen LogP contribution in [-0.4, -0.2) is 24.0 Å². The highest BCUT2D eigenvalue weighted by Gasteiger charge is 2.39. The summed E-state index contributed by atoms with van der Waals surface area (Å²) in [5, 5.41) is 6.76. The molecule has 114 valence electrons. The summed E-state index contributed by atoms with van der Waals surface area (Å²) in [4.78, 5) is 14.4. The quantitative estimate of drug-likeness (QED) is 0.901. The highest BCUT2D eigenvalue weighted by atomic mass is 32.2. The summed E-state index contributed by atoms with van der Waals surface area (Å²) in [6.07, 6.45) is 3.52. The molecular formula is C17H18N2OS2. The molecule has 0 aliphatic carbocycles. The molecule has 2 bridgehead atoms. The first-order valence-electron chi connectivity index (χ1n) is 7.67. The predicted molar refractivity (Wildman–Crippen MR) is 90.7 cm³/mol. The highest BCUT2D eigenvalue weighted by Crippen LogP contribution is 2.34. The third kappa shape index (κ3) is 2.93. The van der Waals surface area contributed by atoms with Crippen molar-refractivity contribution in [1.29, 1.82) is 0 Å². The Balaban J connectivity index is 1.39. The Labute approximate surface area is 138 Å². The first-order valence-corrected chi connectivity index (χ1v) is 9.31. The average Bonchev–Trinajstić information content (AvgIpc) is 3.24. The average molecular weight is 330 g/mol. The van der Waals surface area contributed by atoms with Gasteiger partial charge in [-0.05, 0) is 43.5 Å². The molecule has 1 aromatic carbocycles. The van der Waals surface area contributed by atoms with Crippen LogP contribution in [0.5, 0.6) is 0 Å². The van der Waals surface area contributed by atoms with Gasteiger partial charge in [-0.2, -0.15) is 0 Å². The Bertz CT molecular complexity index is 670. The van der Waals surface area contributed by atoms with Crippen LogP contribution in [0.2, 0.25) is 0 Å². The molecule has 3 heterocycles. The van der Waals surface area contributed by atoms with Gasteiger partial charge in [-0.1, -0.05) is 30.0 Å². The molecule has 2 aromatic rings. The van der Waals surface area contributed by atoms with E-state index in [1.165, 1.54) is 17.7 Å². The molecule has 0 spiro atoms. The first kappa shape index (κ1) is 14.3. The third-order valence-electron chi connectivity index (χ3n) is 4.38. The van der Waals surface area contributed by atoms with E-state index in [0.29, 0.717) is 18.1 Å². The summed E-state index contributed by atoms with van der Waals surface area (Å²) in [5.41, 5.74) is 0. The van der Waals surface area contributed by atoms with Crippen LogP contribution in [0, 0.1) is 0 Å². The van der Waals surface area contributed by atoms with Gasteiger partial charge in [-0.25, -0.2) is 0 Å². The summed E-state index contributed by atoms with van der Waals surface area (Å²) in [6.45, 7) is 0. The van der Waals surface area contributed by atoms with E-state index in [1.807, 2.05) is 30.3 Å². The van der Waals surface area contributed by atoms with Crippen LogP contribution in [0.4, 0.5) is 0 Å². The fourth-order valence-electron chi connectivity index (χ4n) is 3.32. The largest absolute Gasteiger partial charge is 0.347 e. The van der Waals surface area contributed by atoms with Crippen molar-refractivity contribution in [3.8, 4) is 0 Å². The molecule has 3 atom stereocenters. The number of amides is 1. The lowest BCUT2D eigenvalue weighted by atomic mass is 9.95. The molecule has 0 radical (unpaired) electrons. The Kier molecular flexibility index (Phi) is 3.94. The molecule has 1 aromatic heterocycles. The topological polar surface area (TPSA) is 41.1 Å². The Morgan fingerprint density at radius 3 is 2.77 bits per heavy atom. The van der Waals surface area contributed by atoms with Crippen molar-refractivity contribution in [2.75, 3.05) is 0 Å². The van der Waals surface area contributed by atoms with Crippen molar-refractivity contribution < 1.29 is 4.79 Å². The van der Waals surface area contributed by atoms with E-state index in [-0.39, 0.29) is 5.91 Å². The molecule has 5 heteroatoms. The number of carbonyl (C=O) groups is 1. The van der Waals surface area contributed by atoms with Crippen molar-refractivity contribution in [2.24, 2.45) is 0 Å². The predicted octanol–water partition coefficient (Wildman–Crippen LogP) is 3.52. The Morgan fingerprint density at radius 1 is 1.18 bits per heavy atom. The molecule has 4 rings (SSSR count). The molecule has 2 aliphatic heterocycles. The molecule has 2 saturated heterocycles. The van der Waals surface area contributed by atoms with Gasteiger partial charge < -0.3 is 10.6 Å². The smallest absolute Gasteiger partial charge is 0.261 e. The Hall–Kier alpha value is -1.30. The molecule has 2 N–H and O–H groups in total. The highest BCUT2D eigenvalue weighted by molar-refractivity contribution is 8.01. The molecule has 1 amide bonds. The van der Waals surface area contributed by atoms with Crippen LogP contribution in [0.3, 0.4) is 0 Å². The van der Waals surface area contributed by atoms with Crippen LogP contribution in [0.25, 0.3) is 0 Å². The summed E-state index contributed by atoms with van der Waals surface area (Å²) in [7, 11) is 0. The molecule has 3 nitrogen and oxygen atoms in total. The fraction of sp³-hybridized carbons (Fsp3) is 0.353. The lowest BCUT2D eigenvalue weighted by molar-refractivity contribution is 0.0935. The SMILES string of the molecule is O=C(NC1CC2CCC1N2)c1ccc(Sc2ccccc2)s1. The minimum atomic E-state index is 0.0734. The molecule has 2 fully saturated rings. The van der Waals surface area contributed by atoms with Gasteiger partial charge in [0.25, 0.3) is 5.91 Å². The maximum Gasteiger partial charge on any atom is 0.261 e. The van der Waals surface area contributed by atoms with Gasteiger partial charge in [-0.3, -0.25) is 4.79 Å². The lowest BCUT2D eigenvalue weighted by Gasteiger charge is -2.20. The standard InChI is InChI=1S/C17H18N2OS2/c20-17(19-14-10-11-6-7-13(14)18-11)15-8-9-16(22-15)21-12-4-2-1-3-5-12/h1-5,8-9,11,13-14,18H,6-7,10H2,(H,19,20). The second kappa shape index (κ2) is 6.07. The molecule has 22 heavy (non-hydrogen) atoms. The van der Waals surface area contributed by atoms with Crippen LogP contribution in [0.15, 0.2) is 51.6 Å². The number of hydrogen-bond acceptors (Lipinski definition) is 4. The van der Waals surface area contributed by atoms with Crippen LogP contribution < -0.4 is 10.6 Å². The van der Waals surface area contributed by atoms with Gasteiger partial charge in [0.2, 0.25) is 0 Å². The van der Waals surface area contributed by atoms with Gasteiger partial charge in [-0.15, -0.1) is 11.3 Å². The number of carbonyl (C=O) groups excluding carboxylic acids is 1. The third-order valence-corrected chi connectivity index (χ3v) is 6.61. The van der Waals surface area contributed by atoms with E-state index in [4.69, 9.17) is 0 Å². The maximum absolute atomic E-state index is 12.4. The van der Waals surface area contributed by atoms with Gasteiger partial charge in [0.1, 0.15) is 0 Å². The first-order chi connectivity index (χ1) is 10.8. The summed E-state index contributed by atoms with van der Waals surface area (Å²) < 4.78 is 1.16. The normalized spacial score (nSPS) is 26.3. The van der Waals surface area contributed by atoms with Gasteiger partial charge >= 0.3 is 0 Å². The summed E-state index contributed by atoms with van der Waals surface area (Å²) in [5.74, 6) is 0.0734. The van der Waals surface area contributed by atoms with Gasteiger partial charge in [0.15, 0.2) is 0 Å². The van der Waals surface area contributed by atoms with E-state index in [9.17, 15) is 4.79 Å². The zero-order valence-corrected chi connectivity index (χ0v) is 13.8. The molecule has 0 saturated carbocycles. The minimum Gasteiger partial charge on any atom is -0.347 e. The van der Waals surface area contributed by atoms with Crippen molar-refractivity contribution in [1.82, 2.24) is 10.6 Å². The minimum absolute atomic E-state index is 0.0734. The van der Waals surface area contributed by atoms with E-state index >= 15 is 0 Å². The van der Waals surface area contributed by atoms with Crippen molar-refractivity contribution in [3.05, 3.63) is 47.3 Å². The van der Waals surface area contributed by atoms with Gasteiger partial charge in [0.05, 0.1) is 9.09 Å². The van der Waals surface area contributed by atoms with Crippen LogP contribution >= 0.6 is 23.1 Å². The zero-order valence-electron chi connectivity index (χ0n) is 12.1. The van der Waals surface area contributed by atoms with Gasteiger partial charge in [0, 0.05) is 23.0 Å². The van der Waals surface area contributed by atoms with Crippen molar-refractivity contribution in [3.63, 3.8) is 0 Å². The van der Waals surface area contributed by atoms with Crippen molar-refractivity contribution >= 4 is 29.0 Å². The monoisotopic (exact) mass is 330 g/mol.